The fraction of sp³-hybridized carbons (Fsp3) is 0.481. The molecule has 6 nitrogen and oxygen atoms in total. The summed E-state index contributed by atoms with van der Waals surface area (Å²) in [5.41, 5.74) is 5.42. The normalized spacial score (nSPS) is 24.5. The Kier molecular flexibility index (Phi) is 6.21. The number of nitrogens with zero attached hydrogens (tertiary/aromatic N) is 2. The highest BCUT2D eigenvalue weighted by molar-refractivity contribution is 5.80. The van der Waals surface area contributed by atoms with Crippen LogP contribution in [0, 0.1) is 5.41 Å². The third-order valence-corrected chi connectivity index (χ3v) is 7.41. The first kappa shape index (κ1) is 22.1. The van der Waals surface area contributed by atoms with Crippen molar-refractivity contribution in [2.45, 2.75) is 18.9 Å². The summed E-state index contributed by atoms with van der Waals surface area (Å²) in [5, 5.41) is 6.85. The highest BCUT2D eigenvalue weighted by Crippen LogP contribution is 2.45. The minimum absolute atomic E-state index is 0.105. The SMILES string of the molecule is CNCCOc1ccc(C2C=C(N3CCC4(CCN(C)C4)C3)c3ccc(OC)cc3N2)cc1. The van der Waals surface area contributed by atoms with Crippen LogP contribution in [0.15, 0.2) is 48.5 Å². The standard InChI is InChI=1S/C27H36N4O2/c1-28-12-15-33-21-6-4-20(5-7-21)24-17-26(23-9-8-22(32-3)16-25(23)29-24)31-14-11-27(19-31)10-13-30(2)18-27/h4-9,16-17,24,28-29H,10-15,18-19H2,1-3H3. The molecule has 0 saturated carbocycles. The Morgan fingerprint density at radius 3 is 2.58 bits per heavy atom. The number of ether oxygens (including phenoxy) is 2. The summed E-state index contributed by atoms with van der Waals surface area (Å²) in [4.78, 5) is 5.11. The van der Waals surface area contributed by atoms with E-state index >= 15 is 0 Å². The smallest absolute Gasteiger partial charge is 0.120 e. The van der Waals surface area contributed by atoms with Gasteiger partial charge in [-0.3, -0.25) is 0 Å². The zero-order chi connectivity index (χ0) is 22.8. The van der Waals surface area contributed by atoms with Gasteiger partial charge in [0.25, 0.3) is 0 Å². The molecule has 6 heteroatoms. The number of anilines is 1. The lowest BCUT2D eigenvalue weighted by Crippen LogP contribution is -2.30. The quantitative estimate of drug-likeness (QED) is 0.628. The van der Waals surface area contributed by atoms with Gasteiger partial charge in [0, 0.05) is 54.6 Å². The van der Waals surface area contributed by atoms with Crippen LogP contribution in [0.4, 0.5) is 5.69 Å². The first-order valence-corrected chi connectivity index (χ1v) is 12.1. The largest absolute Gasteiger partial charge is 0.497 e. The molecule has 2 unspecified atom stereocenters. The van der Waals surface area contributed by atoms with Gasteiger partial charge < -0.3 is 29.9 Å². The van der Waals surface area contributed by atoms with Gasteiger partial charge in [-0.2, -0.15) is 0 Å². The second-order valence-electron chi connectivity index (χ2n) is 9.77. The molecule has 0 aliphatic carbocycles. The van der Waals surface area contributed by atoms with Gasteiger partial charge in [-0.25, -0.2) is 0 Å². The van der Waals surface area contributed by atoms with E-state index in [1.54, 1.807) is 7.11 Å². The van der Waals surface area contributed by atoms with Crippen LogP contribution in [-0.4, -0.2) is 70.3 Å². The van der Waals surface area contributed by atoms with Crippen LogP contribution < -0.4 is 20.1 Å². The number of hydrogen-bond acceptors (Lipinski definition) is 6. The van der Waals surface area contributed by atoms with Gasteiger partial charge in [0.2, 0.25) is 0 Å². The van der Waals surface area contributed by atoms with Crippen LogP contribution in [0.2, 0.25) is 0 Å². The average Bonchev–Trinajstić information content (AvgIpc) is 3.43. The zero-order valence-electron chi connectivity index (χ0n) is 20.1. The Morgan fingerprint density at radius 1 is 1.06 bits per heavy atom. The van der Waals surface area contributed by atoms with E-state index in [-0.39, 0.29) is 6.04 Å². The summed E-state index contributed by atoms with van der Waals surface area (Å²) < 4.78 is 11.3. The molecule has 2 N–H and O–H groups in total. The van der Waals surface area contributed by atoms with Crippen LogP contribution in [-0.2, 0) is 0 Å². The van der Waals surface area contributed by atoms with Gasteiger partial charge in [0.15, 0.2) is 0 Å². The number of likely N-dealkylation sites (N-methyl/N-ethyl adjacent to an activating group) is 1. The molecule has 3 aliphatic heterocycles. The maximum absolute atomic E-state index is 5.81. The third-order valence-electron chi connectivity index (χ3n) is 7.41. The van der Waals surface area contributed by atoms with E-state index in [0.29, 0.717) is 12.0 Å². The molecule has 3 heterocycles. The minimum atomic E-state index is 0.105. The van der Waals surface area contributed by atoms with Crippen LogP contribution in [0.25, 0.3) is 5.70 Å². The van der Waals surface area contributed by atoms with Gasteiger partial charge in [-0.15, -0.1) is 0 Å². The molecule has 0 aromatic heterocycles. The van der Waals surface area contributed by atoms with E-state index in [4.69, 9.17) is 9.47 Å². The fourth-order valence-corrected chi connectivity index (χ4v) is 5.58. The van der Waals surface area contributed by atoms with Crippen molar-refractivity contribution < 1.29 is 9.47 Å². The second-order valence-corrected chi connectivity index (χ2v) is 9.77. The van der Waals surface area contributed by atoms with Crippen molar-refractivity contribution in [3.05, 3.63) is 59.7 Å². The highest BCUT2D eigenvalue weighted by atomic mass is 16.5. The topological polar surface area (TPSA) is 49.0 Å². The lowest BCUT2D eigenvalue weighted by molar-refractivity contribution is 0.289. The Balaban J connectivity index is 1.42. The van der Waals surface area contributed by atoms with Crippen LogP contribution in [0.3, 0.4) is 0 Å². The fourth-order valence-electron chi connectivity index (χ4n) is 5.58. The number of likely N-dealkylation sites (tertiary alicyclic amines) is 2. The van der Waals surface area contributed by atoms with E-state index in [2.05, 4.69) is 76.0 Å². The Bertz CT molecular complexity index is 1010. The number of hydrogen-bond donors (Lipinski definition) is 2. The molecule has 1 spiro atoms. The van der Waals surface area contributed by atoms with Gasteiger partial charge in [0.05, 0.1) is 13.2 Å². The summed E-state index contributed by atoms with van der Waals surface area (Å²) in [6, 6.07) is 15.0. The maximum Gasteiger partial charge on any atom is 0.120 e. The molecule has 2 aromatic carbocycles. The summed E-state index contributed by atoms with van der Waals surface area (Å²) in [7, 11) is 5.92. The summed E-state index contributed by atoms with van der Waals surface area (Å²) in [6.07, 6.45) is 4.99. The molecule has 2 fully saturated rings. The molecule has 0 bridgehead atoms. The Morgan fingerprint density at radius 2 is 1.85 bits per heavy atom. The highest BCUT2D eigenvalue weighted by Gasteiger charge is 2.43. The monoisotopic (exact) mass is 448 g/mol. The van der Waals surface area contributed by atoms with Crippen molar-refractivity contribution in [1.29, 1.82) is 0 Å². The molecule has 3 aliphatic rings. The van der Waals surface area contributed by atoms with E-state index < -0.39 is 0 Å². The lowest BCUT2D eigenvalue weighted by Gasteiger charge is -2.33. The van der Waals surface area contributed by atoms with Crippen molar-refractivity contribution in [3.63, 3.8) is 0 Å². The van der Waals surface area contributed by atoms with Gasteiger partial charge in [0.1, 0.15) is 18.1 Å². The molecule has 5 rings (SSSR count). The third kappa shape index (κ3) is 4.55. The molecule has 176 valence electrons. The Labute approximate surface area is 197 Å². The van der Waals surface area contributed by atoms with E-state index in [1.807, 2.05) is 7.05 Å². The van der Waals surface area contributed by atoms with E-state index in [0.717, 1.165) is 36.8 Å². The first-order valence-electron chi connectivity index (χ1n) is 12.1. The number of benzene rings is 2. The number of rotatable bonds is 7. The van der Waals surface area contributed by atoms with E-state index in [9.17, 15) is 0 Å². The van der Waals surface area contributed by atoms with Gasteiger partial charge >= 0.3 is 0 Å². The molecule has 0 amide bonds. The molecule has 33 heavy (non-hydrogen) atoms. The number of methoxy groups -OCH3 is 1. The summed E-state index contributed by atoms with van der Waals surface area (Å²) in [6.45, 7) is 6.19. The van der Waals surface area contributed by atoms with Crippen molar-refractivity contribution in [2.75, 3.05) is 65.9 Å². The average molecular weight is 449 g/mol. The lowest BCUT2D eigenvalue weighted by atomic mass is 9.86. The van der Waals surface area contributed by atoms with Crippen molar-refractivity contribution in [2.24, 2.45) is 5.41 Å². The van der Waals surface area contributed by atoms with Crippen molar-refractivity contribution in [1.82, 2.24) is 15.1 Å². The van der Waals surface area contributed by atoms with Crippen LogP contribution in [0.5, 0.6) is 11.5 Å². The van der Waals surface area contributed by atoms with Crippen molar-refractivity contribution in [3.8, 4) is 11.5 Å². The maximum atomic E-state index is 5.81. The van der Waals surface area contributed by atoms with Crippen LogP contribution in [0.1, 0.15) is 30.0 Å². The Hall–Kier alpha value is -2.70. The number of nitrogens with one attached hydrogen (secondary N) is 2. The van der Waals surface area contributed by atoms with E-state index in [1.165, 1.54) is 42.8 Å². The van der Waals surface area contributed by atoms with Gasteiger partial charge in [-0.1, -0.05) is 12.1 Å². The van der Waals surface area contributed by atoms with Crippen LogP contribution >= 0.6 is 0 Å². The number of fused-ring (bicyclic) bond motifs is 1. The molecular weight excluding hydrogens is 412 g/mol. The predicted octanol–water partition coefficient (Wildman–Crippen LogP) is 3.83. The molecule has 2 atom stereocenters. The zero-order valence-corrected chi connectivity index (χ0v) is 20.1. The first-order chi connectivity index (χ1) is 16.1. The summed E-state index contributed by atoms with van der Waals surface area (Å²) in [5.74, 6) is 1.78. The molecular formula is C27H36N4O2. The van der Waals surface area contributed by atoms with Crippen molar-refractivity contribution >= 4 is 11.4 Å². The van der Waals surface area contributed by atoms with Gasteiger partial charge in [-0.05, 0) is 69.4 Å². The molecule has 2 aromatic rings. The second kappa shape index (κ2) is 9.27. The molecule has 2 saturated heterocycles. The predicted molar refractivity (Wildman–Crippen MR) is 134 cm³/mol. The summed E-state index contributed by atoms with van der Waals surface area (Å²) >= 11 is 0. The molecule has 0 radical (unpaired) electrons. The minimum Gasteiger partial charge on any atom is -0.497 e.